The van der Waals surface area contributed by atoms with Gasteiger partial charge in [-0.05, 0) is 28.1 Å². The van der Waals surface area contributed by atoms with E-state index in [1.54, 1.807) is 7.11 Å². The summed E-state index contributed by atoms with van der Waals surface area (Å²) in [6, 6.07) is 5.84. The number of anilines is 1. The van der Waals surface area contributed by atoms with Crippen LogP contribution >= 0.6 is 15.9 Å². The van der Waals surface area contributed by atoms with Crippen molar-refractivity contribution in [1.29, 1.82) is 0 Å². The van der Waals surface area contributed by atoms with Crippen LogP contribution in [0, 0.1) is 0 Å². The van der Waals surface area contributed by atoms with Gasteiger partial charge in [-0.3, -0.25) is 0 Å². The van der Waals surface area contributed by atoms with Gasteiger partial charge in [0.2, 0.25) is 0 Å². The first-order valence-electron chi connectivity index (χ1n) is 6.40. The molecule has 0 aliphatic heterocycles. The molecule has 21 heavy (non-hydrogen) atoms. The van der Waals surface area contributed by atoms with Gasteiger partial charge in [-0.1, -0.05) is 6.07 Å². The Morgan fingerprint density at radius 2 is 2.14 bits per heavy atom. The lowest BCUT2D eigenvalue weighted by atomic mass is 10.3. The maximum absolute atomic E-state index is 5.18. The van der Waals surface area contributed by atoms with Gasteiger partial charge in [0.1, 0.15) is 17.2 Å². The first-order valence-corrected chi connectivity index (χ1v) is 7.19. The minimum atomic E-state index is 0.401. The fourth-order valence-electron chi connectivity index (χ4n) is 2.05. The van der Waals surface area contributed by atoms with E-state index in [1.807, 2.05) is 42.0 Å². The largest absolute Gasteiger partial charge is 0.378 e. The van der Waals surface area contributed by atoms with Crippen molar-refractivity contribution in [2.75, 3.05) is 19.5 Å². The van der Waals surface area contributed by atoms with Crippen LogP contribution in [0.5, 0.6) is 0 Å². The number of hydrogen-bond donors (Lipinski definition) is 1. The van der Waals surface area contributed by atoms with Crippen LogP contribution in [0.25, 0.3) is 17.2 Å². The molecule has 0 aliphatic rings. The summed E-state index contributed by atoms with van der Waals surface area (Å²) in [6.45, 7) is 0.401. The van der Waals surface area contributed by atoms with Crippen LogP contribution < -0.4 is 5.32 Å². The lowest BCUT2D eigenvalue weighted by molar-refractivity contribution is 0.181. The standard InChI is InChI=1S/C14H14BrN5O/c1-16-14-12(15)10(8-21-2)18-13(19-14)9-7-20-6-4-3-5-11(20)17-9/h3-7H,8H2,1-2H3,(H,16,18,19). The molecule has 3 aromatic heterocycles. The molecule has 108 valence electrons. The van der Waals surface area contributed by atoms with Crippen molar-refractivity contribution in [3.8, 4) is 11.5 Å². The minimum Gasteiger partial charge on any atom is -0.378 e. The summed E-state index contributed by atoms with van der Waals surface area (Å²) in [5, 5.41) is 3.05. The van der Waals surface area contributed by atoms with Crippen LogP contribution in [-0.2, 0) is 11.3 Å². The second kappa shape index (κ2) is 5.79. The molecule has 0 fully saturated rings. The van der Waals surface area contributed by atoms with E-state index in [0.29, 0.717) is 18.2 Å². The molecule has 0 amide bonds. The number of pyridine rings is 1. The number of imidazole rings is 1. The van der Waals surface area contributed by atoms with Crippen molar-refractivity contribution < 1.29 is 4.74 Å². The van der Waals surface area contributed by atoms with Crippen LogP contribution in [0.4, 0.5) is 5.82 Å². The average Bonchev–Trinajstić information content (AvgIpc) is 2.93. The van der Waals surface area contributed by atoms with E-state index in [0.717, 1.165) is 21.5 Å². The molecule has 3 heterocycles. The highest BCUT2D eigenvalue weighted by Crippen LogP contribution is 2.27. The van der Waals surface area contributed by atoms with Crippen LogP contribution in [0.1, 0.15) is 5.69 Å². The van der Waals surface area contributed by atoms with Gasteiger partial charge in [-0.15, -0.1) is 0 Å². The predicted molar refractivity (Wildman–Crippen MR) is 84.2 cm³/mol. The molecule has 0 atom stereocenters. The van der Waals surface area contributed by atoms with Gasteiger partial charge in [0.15, 0.2) is 5.82 Å². The fraction of sp³-hybridized carbons (Fsp3) is 0.214. The number of nitrogens with zero attached hydrogens (tertiary/aromatic N) is 4. The number of nitrogens with one attached hydrogen (secondary N) is 1. The molecule has 0 saturated carbocycles. The van der Waals surface area contributed by atoms with Gasteiger partial charge in [-0.2, -0.15) is 0 Å². The smallest absolute Gasteiger partial charge is 0.182 e. The number of halogens is 1. The highest BCUT2D eigenvalue weighted by molar-refractivity contribution is 9.10. The first kappa shape index (κ1) is 14.0. The number of aromatic nitrogens is 4. The molecular weight excluding hydrogens is 334 g/mol. The second-order valence-electron chi connectivity index (χ2n) is 4.43. The Balaban J connectivity index is 2.14. The third-order valence-electron chi connectivity index (χ3n) is 3.03. The van der Waals surface area contributed by atoms with Crippen molar-refractivity contribution in [2.24, 2.45) is 0 Å². The quantitative estimate of drug-likeness (QED) is 0.786. The van der Waals surface area contributed by atoms with Crippen LogP contribution in [0.3, 0.4) is 0 Å². The third-order valence-corrected chi connectivity index (χ3v) is 3.86. The maximum Gasteiger partial charge on any atom is 0.182 e. The Bertz CT molecular complexity index is 753. The van der Waals surface area contributed by atoms with Crippen LogP contribution in [0.15, 0.2) is 35.1 Å². The minimum absolute atomic E-state index is 0.401. The number of ether oxygens (including phenoxy) is 1. The molecule has 6 nitrogen and oxygen atoms in total. The van der Waals surface area contributed by atoms with Crippen LogP contribution in [0.2, 0.25) is 0 Å². The average molecular weight is 348 g/mol. The summed E-state index contributed by atoms with van der Waals surface area (Å²) < 4.78 is 7.93. The maximum atomic E-state index is 5.18. The normalized spacial score (nSPS) is 11.0. The van der Waals surface area contributed by atoms with E-state index in [9.17, 15) is 0 Å². The lowest BCUT2D eigenvalue weighted by Gasteiger charge is -2.09. The monoisotopic (exact) mass is 347 g/mol. The highest BCUT2D eigenvalue weighted by Gasteiger charge is 2.14. The summed E-state index contributed by atoms with van der Waals surface area (Å²) in [6.07, 6.45) is 3.86. The van der Waals surface area contributed by atoms with E-state index in [1.165, 1.54) is 0 Å². The van der Waals surface area contributed by atoms with Gasteiger partial charge in [0, 0.05) is 26.6 Å². The lowest BCUT2D eigenvalue weighted by Crippen LogP contribution is -2.04. The molecule has 0 bridgehead atoms. The Morgan fingerprint density at radius 3 is 2.86 bits per heavy atom. The molecule has 0 saturated heterocycles. The SMILES string of the molecule is CNc1nc(-c2cn3ccccc3n2)nc(COC)c1Br. The molecule has 0 unspecified atom stereocenters. The highest BCUT2D eigenvalue weighted by atomic mass is 79.9. The molecule has 0 aliphatic carbocycles. The Morgan fingerprint density at radius 1 is 1.29 bits per heavy atom. The van der Waals surface area contributed by atoms with E-state index in [4.69, 9.17) is 4.74 Å². The summed E-state index contributed by atoms with van der Waals surface area (Å²) >= 11 is 3.49. The number of fused-ring (bicyclic) bond motifs is 1. The van der Waals surface area contributed by atoms with Crippen molar-refractivity contribution in [3.63, 3.8) is 0 Å². The molecule has 3 rings (SSSR count). The molecule has 0 radical (unpaired) electrons. The van der Waals surface area contributed by atoms with Crippen molar-refractivity contribution in [3.05, 3.63) is 40.8 Å². The van der Waals surface area contributed by atoms with Crippen molar-refractivity contribution in [2.45, 2.75) is 6.61 Å². The molecular formula is C14H14BrN5O. The van der Waals surface area contributed by atoms with E-state index in [2.05, 4.69) is 36.2 Å². The topological polar surface area (TPSA) is 64.3 Å². The molecule has 1 N–H and O–H groups in total. The summed E-state index contributed by atoms with van der Waals surface area (Å²) in [5.41, 5.74) is 2.37. The third kappa shape index (κ3) is 2.62. The van der Waals surface area contributed by atoms with Gasteiger partial charge >= 0.3 is 0 Å². The molecule has 0 spiro atoms. The van der Waals surface area contributed by atoms with E-state index < -0.39 is 0 Å². The Hall–Kier alpha value is -1.99. The molecule has 0 aromatic carbocycles. The second-order valence-corrected chi connectivity index (χ2v) is 5.22. The van der Waals surface area contributed by atoms with Gasteiger partial charge < -0.3 is 14.5 Å². The first-order chi connectivity index (χ1) is 10.2. The zero-order valence-electron chi connectivity index (χ0n) is 11.7. The zero-order chi connectivity index (χ0) is 14.8. The van der Waals surface area contributed by atoms with Gasteiger partial charge in [0.05, 0.1) is 16.8 Å². The summed E-state index contributed by atoms with van der Waals surface area (Å²) in [4.78, 5) is 13.6. The van der Waals surface area contributed by atoms with Gasteiger partial charge in [0.25, 0.3) is 0 Å². The fourth-order valence-corrected chi connectivity index (χ4v) is 2.54. The predicted octanol–water partition coefficient (Wildman–Crippen LogP) is 2.74. The number of hydrogen-bond acceptors (Lipinski definition) is 5. The summed E-state index contributed by atoms with van der Waals surface area (Å²) in [7, 11) is 3.45. The molecule has 3 aromatic rings. The molecule has 7 heteroatoms. The number of methoxy groups -OCH3 is 1. The number of rotatable bonds is 4. The van der Waals surface area contributed by atoms with Gasteiger partial charge in [-0.25, -0.2) is 15.0 Å². The zero-order valence-corrected chi connectivity index (χ0v) is 13.3. The van der Waals surface area contributed by atoms with E-state index in [-0.39, 0.29) is 0 Å². The Labute approximate surface area is 130 Å². The van der Waals surface area contributed by atoms with Crippen LogP contribution in [-0.4, -0.2) is 33.5 Å². The summed E-state index contributed by atoms with van der Waals surface area (Å²) in [5.74, 6) is 1.28. The Kier molecular flexibility index (Phi) is 3.85. The van der Waals surface area contributed by atoms with Crippen molar-refractivity contribution in [1.82, 2.24) is 19.4 Å². The van der Waals surface area contributed by atoms with Crippen molar-refractivity contribution >= 4 is 27.4 Å². The van der Waals surface area contributed by atoms with E-state index >= 15 is 0 Å².